The molecule has 2 unspecified atom stereocenters. The number of nitrogens with zero attached hydrogens (tertiary/aromatic N) is 1. The van der Waals surface area contributed by atoms with Gasteiger partial charge in [0.2, 0.25) is 0 Å². The van der Waals surface area contributed by atoms with Crippen LogP contribution in [0.4, 0.5) is 0 Å². The highest BCUT2D eigenvalue weighted by atomic mass is 32.2. The molecule has 4 nitrogen and oxygen atoms in total. The van der Waals surface area contributed by atoms with Gasteiger partial charge in [-0.05, 0) is 43.7 Å². The van der Waals surface area contributed by atoms with Crippen LogP contribution in [-0.2, 0) is 16.6 Å². The van der Waals surface area contributed by atoms with E-state index in [2.05, 4.69) is 0 Å². The summed E-state index contributed by atoms with van der Waals surface area (Å²) in [6.07, 6.45) is 2.92. The van der Waals surface area contributed by atoms with Crippen molar-refractivity contribution in [3.05, 3.63) is 17.0 Å². The van der Waals surface area contributed by atoms with E-state index in [-0.39, 0.29) is 18.7 Å². The summed E-state index contributed by atoms with van der Waals surface area (Å²) in [7, 11) is -3.41. The SMILES string of the molecule is CC1CCCC(C)N1S(=O)(=O)c1cc(CO)cs1. The summed E-state index contributed by atoms with van der Waals surface area (Å²) in [5, 5.41) is 10.7. The second kappa shape index (κ2) is 5.28. The predicted molar refractivity (Wildman–Crippen MR) is 72.0 cm³/mol. The van der Waals surface area contributed by atoms with Crippen LogP contribution in [0.15, 0.2) is 15.7 Å². The third-order valence-electron chi connectivity index (χ3n) is 3.46. The zero-order chi connectivity index (χ0) is 13.3. The predicted octanol–water partition coefficient (Wildman–Crippen LogP) is 2.19. The maximum atomic E-state index is 12.6. The van der Waals surface area contributed by atoms with Gasteiger partial charge in [-0.2, -0.15) is 4.31 Å². The molecule has 102 valence electrons. The quantitative estimate of drug-likeness (QED) is 0.928. The number of aliphatic hydroxyl groups excluding tert-OH is 1. The monoisotopic (exact) mass is 289 g/mol. The molecular weight excluding hydrogens is 270 g/mol. The molecule has 1 saturated heterocycles. The van der Waals surface area contributed by atoms with Crippen LogP contribution < -0.4 is 0 Å². The first-order valence-corrected chi connectivity index (χ1v) is 8.50. The summed E-state index contributed by atoms with van der Waals surface area (Å²) in [4.78, 5) is 0. The third-order valence-corrected chi connectivity index (χ3v) is 7.05. The molecule has 0 amide bonds. The molecule has 1 fully saturated rings. The highest BCUT2D eigenvalue weighted by Crippen LogP contribution is 2.32. The number of hydrogen-bond donors (Lipinski definition) is 1. The molecule has 0 bridgehead atoms. The van der Waals surface area contributed by atoms with Gasteiger partial charge in [0, 0.05) is 12.1 Å². The van der Waals surface area contributed by atoms with E-state index in [0.717, 1.165) is 19.3 Å². The average Bonchev–Trinajstić information content (AvgIpc) is 2.77. The number of aliphatic hydroxyl groups is 1. The Hall–Kier alpha value is -0.430. The van der Waals surface area contributed by atoms with Crippen LogP contribution in [0.2, 0.25) is 0 Å². The van der Waals surface area contributed by atoms with E-state index in [1.165, 1.54) is 11.3 Å². The van der Waals surface area contributed by atoms with Crippen molar-refractivity contribution in [1.82, 2.24) is 4.31 Å². The molecule has 1 aliphatic heterocycles. The zero-order valence-electron chi connectivity index (χ0n) is 10.7. The van der Waals surface area contributed by atoms with E-state index in [1.807, 2.05) is 13.8 Å². The van der Waals surface area contributed by atoms with Gasteiger partial charge < -0.3 is 5.11 Å². The van der Waals surface area contributed by atoms with Crippen molar-refractivity contribution < 1.29 is 13.5 Å². The molecule has 1 aromatic rings. The second-order valence-corrected chi connectivity index (χ2v) is 7.88. The van der Waals surface area contributed by atoms with Crippen molar-refractivity contribution in [3.63, 3.8) is 0 Å². The largest absolute Gasteiger partial charge is 0.392 e. The molecule has 6 heteroatoms. The molecule has 18 heavy (non-hydrogen) atoms. The molecule has 0 saturated carbocycles. The van der Waals surface area contributed by atoms with Crippen LogP contribution in [0.3, 0.4) is 0 Å². The van der Waals surface area contributed by atoms with Crippen molar-refractivity contribution >= 4 is 21.4 Å². The molecule has 1 aliphatic rings. The Bertz CT molecular complexity index is 499. The number of piperidine rings is 1. The van der Waals surface area contributed by atoms with Crippen LogP contribution in [0.1, 0.15) is 38.7 Å². The highest BCUT2D eigenvalue weighted by molar-refractivity contribution is 7.91. The lowest BCUT2D eigenvalue weighted by Gasteiger charge is -2.37. The standard InChI is InChI=1S/C12H19NO3S2/c1-9-4-3-5-10(2)13(9)18(15,16)12-6-11(7-14)8-17-12/h6,8-10,14H,3-5,7H2,1-2H3. The van der Waals surface area contributed by atoms with Crippen molar-refractivity contribution in [2.75, 3.05) is 0 Å². The molecule has 0 aliphatic carbocycles. The first kappa shape index (κ1) is 14.0. The van der Waals surface area contributed by atoms with Gasteiger partial charge in [0.1, 0.15) is 4.21 Å². The van der Waals surface area contributed by atoms with Gasteiger partial charge in [0.25, 0.3) is 10.0 Å². The van der Waals surface area contributed by atoms with Crippen LogP contribution >= 0.6 is 11.3 Å². The van der Waals surface area contributed by atoms with E-state index >= 15 is 0 Å². The number of hydrogen-bond acceptors (Lipinski definition) is 4. The molecule has 1 N–H and O–H groups in total. The molecule has 0 aromatic carbocycles. The summed E-state index contributed by atoms with van der Waals surface area (Å²) in [6, 6.07) is 1.69. The summed E-state index contributed by atoms with van der Waals surface area (Å²) in [5.41, 5.74) is 0.663. The maximum absolute atomic E-state index is 12.6. The number of sulfonamides is 1. The maximum Gasteiger partial charge on any atom is 0.253 e. The Labute approximate surface area is 112 Å². The third kappa shape index (κ3) is 2.47. The van der Waals surface area contributed by atoms with E-state index in [4.69, 9.17) is 5.11 Å². The van der Waals surface area contributed by atoms with Crippen LogP contribution in [0.25, 0.3) is 0 Å². The van der Waals surface area contributed by atoms with Crippen molar-refractivity contribution in [1.29, 1.82) is 0 Å². The molecule has 2 atom stereocenters. The van der Waals surface area contributed by atoms with Crippen molar-refractivity contribution in [2.45, 2.75) is 56.0 Å². The number of rotatable bonds is 3. The minimum absolute atomic E-state index is 0.0541. The fourth-order valence-corrected chi connectivity index (χ4v) is 5.73. The van der Waals surface area contributed by atoms with E-state index in [0.29, 0.717) is 9.77 Å². The average molecular weight is 289 g/mol. The van der Waals surface area contributed by atoms with Gasteiger partial charge in [-0.15, -0.1) is 11.3 Å². The highest BCUT2D eigenvalue weighted by Gasteiger charge is 2.36. The second-order valence-electron chi connectivity index (χ2n) is 4.90. The Morgan fingerprint density at radius 1 is 1.39 bits per heavy atom. The van der Waals surface area contributed by atoms with Crippen molar-refractivity contribution in [3.8, 4) is 0 Å². The fraction of sp³-hybridized carbons (Fsp3) is 0.667. The molecule has 1 aromatic heterocycles. The van der Waals surface area contributed by atoms with Gasteiger partial charge in [-0.25, -0.2) is 8.42 Å². The summed E-state index contributed by atoms with van der Waals surface area (Å²) in [5.74, 6) is 0. The fourth-order valence-electron chi connectivity index (χ4n) is 2.55. The van der Waals surface area contributed by atoms with Gasteiger partial charge in [0.05, 0.1) is 6.61 Å². The normalized spacial score (nSPS) is 26.4. The van der Waals surface area contributed by atoms with E-state index in [9.17, 15) is 8.42 Å². The lowest BCUT2D eigenvalue weighted by atomic mass is 10.0. The Balaban J connectivity index is 2.34. The summed E-state index contributed by atoms with van der Waals surface area (Å²) < 4.78 is 27.2. The van der Waals surface area contributed by atoms with Crippen LogP contribution in [0.5, 0.6) is 0 Å². The van der Waals surface area contributed by atoms with Gasteiger partial charge >= 0.3 is 0 Å². The van der Waals surface area contributed by atoms with Crippen molar-refractivity contribution in [2.24, 2.45) is 0 Å². The van der Waals surface area contributed by atoms with Gasteiger partial charge in [-0.1, -0.05) is 6.42 Å². The smallest absolute Gasteiger partial charge is 0.253 e. The summed E-state index contributed by atoms with van der Waals surface area (Å²) in [6.45, 7) is 3.82. The molecular formula is C12H19NO3S2. The summed E-state index contributed by atoms with van der Waals surface area (Å²) >= 11 is 1.19. The first-order chi connectivity index (χ1) is 8.46. The first-order valence-electron chi connectivity index (χ1n) is 6.18. The lowest BCUT2D eigenvalue weighted by Crippen LogP contribution is -2.47. The number of thiophene rings is 1. The minimum Gasteiger partial charge on any atom is -0.392 e. The molecule has 0 radical (unpaired) electrons. The van der Waals surface area contributed by atoms with E-state index < -0.39 is 10.0 Å². The Kier molecular flexibility index (Phi) is 4.11. The van der Waals surface area contributed by atoms with Gasteiger partial charge in [-0.3, -0.25) is 0 Å². The molecule has 2 heterocycles. The Morgan fingerprint density at radius 3 is 2.50 bits per heavy atom. The zero-order valence-corrected chi connectivity index (χ0v) is 12.3. The van der Waals surface area contributed by atoms with Crippen LogP contribution in [0, 0.1) is 0 Å². The van der Waals surface area contributed by atoms with E-state index in [1.54, 1.807) is 15.8 Å². The lowest BCUT2D eigenvalue weighted by molar-refractivity contribution is 0.204. The van der Waals surface area contributed by atoms with Gasteiger partial charge in [0.15, 0.2) is 0 Å². The molecule has 0 spiro atoms. The topological polar surface area (TPSA) is 57.6 Å². The molecule has 2 rings (SSSR count). The van der Waals surface area contributed by atoms with Crippen LogP contribution in [-0.4, -0.2) is 29.9 Å². The minimum atomic E-state index is -3.41. The Morgan fingerprint density at radius 2 is 2.00 bits per heavy atom.